The number of anilines is 1. The Labute approximate surface area is 220 Å². The molecule has 8 nitrogen and oxygen atoms in total. The number of halogens is 1. The van der Waals surface area contributed by atoms with Crippen LogP contribution >= 0.6 is 11.6 Å². The molecule has 1 atom stereocenters. The second kappa shape index (κ2) is 11.6. The topological polar surface area (TPSA) is 90.0 Å². The molecule has 0 saturated heterocycles. The minimum Gasteiger partial charge on any atom is -0.350 e. The summed E-state index contributed by atoms with van der Waals surface area (Å²) in [6.07, 6.45) is 0. The van der Waals surface area contributed by atoms with E-state index >= 15 is 0 Å². The zero-order chi connectivity index (χ0) is 27.4. The first kappa shape index (κ1) is 29.6. The molecule has 0 aliphatic carbocycles. The van der Waals surface area contributed by atoms with Gasteiger partial charge in [-0.05, 0) is 76.4 Å². The standard InChI is InChI=1S/C26H37ClN4O4S/c1-18-9-10-19(2)23(15-18)31(36(34,35)29(7)8)17-24(32)30(16-21-11-13-22(27)14-12-21)20(3)25(33)28-26(4,5)6/h9-15,20H,16-17H2,1-8H3,(H,28,33)/t20-/m0/s1. The van der Waals surface area contributed by atoms with Gasteiger partial charge in [-0.3, -0.25) is 9.59 Å². The predicted molar refractivity (Wildman–Crippen MR) is 145 cm³/mol. The minimum absolute atomic E-state index is 0.109. The summed E-state index contributed by atoms with van der Waals surface area (Å²) in [4.78, 5) is 28.2. The van der Waals surface area contributed by atoms with E-state index in [1.54, 1.807) is 44.2 Å². The van der Waals surface area contributed by atoms with E-state index in [0.717, 1.165) is 19.7 Å². The molecule has 0 aromatic heterocycles. The van der Waals surface area contributed by atoms with Crippen LogP contribution in [-0.2, 0) is 26.3 Å². The number of hydrogen-bond donors (Lipinski definition) is 1. The van der Waals surface area contributed by atoms with Crippen molar-refractivity contribution < 1.29 is 18.0 Å². The van der Waals surface area contributed by atoms with Crippen molar-refractivity contribution in [3.8, 4) is 0 Å². The average molecular weight is 537 g/mol. The first-order valence-corrected chi connectivity index (χ1v) is 13.4. The summed E-state index contributed by atoms with van der Waals surface area (Å²) >= 11 is 6.02. The molecule has 1 N–H and O–H groups in total. The van der Waals surface area contributed by atoms with Crippen LogP contribution in [0.4, 0.5) is 5.69 Å². The van der Waals surface area contributed by atoms with Crippen molar-refractivity contribution in [2.45, 2.75) is 59.7 Å². The molecule has 2 amide bonds. The summed E-state index contributed by atoms with van der Waals surface area (Å²) in [5, 5.41) is 3.45. The highest BCUT2D eigenvalue weighted by Gasteiger charge is 2.34. The Balaban J connectivity index is 2.51. The molecular weight excluding hydrogens is 500 g/mol. The highest BCUT2D eigenvalue weighted by molar-refractivity contribution is 7.90. The third-order valence-electron chi connectivity index (χ3n) is 5.58. The van der Waals surface area contributed by atoms with Gasteiger partial charge < -0.3 is 10.2 Å². The molecule has 0 spiro atoms. The lowest BCUT2D eigenvalue weighted by Crippen LogP contribution is -2.55. The van der Waals surface area contributed by atoms with Crippen LogP contribution in [-0.4, -0.2) is 61.7 Å². The highest BCUT2D eigenvalue weighted by Crippen LogP contribution is 2.26. The van der Waals surface area contributed by atoms with Gasteiger partial charge in [0.15, 0.2) is 0 Å². The number of amides is 2. The van der Waals surface area contributed by atoms with Crippen molar-refractivity contribution in [3.63, 3.8) is 0 Å². The second-order valence-electron chi connectivity index (χ2n) is 10.2. The Bertz CT molecular complexity index is 1190. The molecule has 198 valence electrons. The maximum absolute atomic E-state index is 13.8. The SMILES string of the molecule is Cc1ccc(C)c(N(CC(=O)N(Cc2ccc(Cl)cc2)[C@@H](C)C(=O)NC(C)(C)C)S(=O)(=O)N(C)C)c1. The summed E-state index contributed by atoms with van der Waals surface area (Å²) in [5.74, 6) is -0.841. The third-order valence-corrected chi connectivity index (χ3v) is 7.64. The van der Waals surface area contributed by atoms with Gasteiger partial charge in [-0.2, -0.15) is 12.7 Å². The fraction of sp³-hybridized carbons (Fsp3) is 0.462. The van der Waals surface area contributed by atoms with E-state index in [-0.39, 0.29) is 12.5 Å². The Morgan fingerprint density at radius 1 is 1.03 bits per heavy atom. The van der Waals surface area contributed by atoms with Crippen molar-refractivity contribution in [1.29, 1.82) is 0 Å². The zero-order valence-corrected chi connectivity index (χ0v) is 23.9. The number of benzene rings is 2. The number of nitrogens with zero attached hydrogens (tertiary/aromatic N) is 3. The predicted octanol–water partition coefficient (Wildman–Crippen LogP) is 3.90. The Hall–Kier alpha value is -2.62. The lowest BCUT2D eigenvalue weighted by molar-refractivity contribution is -0.140. The van der Waals surface area contributed by atoms with Crippen LogP contribution in [0.25, 0.3) is 0 Å². The Kier molecular flexibility index (Phi) is 9.56. The molecule has 0 aliphatic heterocycles. The summed E-state index contributed by atoms with van der Waals surface area (Å²) in [6.45, 7) is 10.5. The van der Waals surface area contributed by atoms with E-state index in [0.29, 0.717) is 16.3 Å². The van der Waals surface area contributed by atoms with E-state index in [2.05, 4.69) is 5.32 Å². The fourth-order valence-corrected chi connectivity index (χ4v) is 4.77. The van der Waals surface area contributed by atoms with Crippen molar-refractivity contribution in [3.05, 3.63) is 64.2 Å². The lowest BCUT2D eigenvalue weighted by atomic mass is 10.1. The summed E-state index contributed by atoms with van der Waals surface area (Å²) in [6, 6.07) is 11.5. The summed E-state index contributed by atoms with van der Waals surface area (Å²) in [7, 11) is -1.17. The average Bonchev–Trinajstić information content (AvgIpc) is 2.76. The first-order chi connectivity index (χ1) is 16.5. The number of nitrogens with one attached hydrogen (secondary N) is 1. The largest absolute Gasteiger partial charge is 0.350 e. The Morgan fingerprint density at radius 2 is 1.61 bits per heavy atom. The summed E-state index contributed by atoms with van der Waals surface area (Å²) < 4.78 is 28.8. The monoisotopic (exact) mass is 536 g/mol. The van der Waals surface area contributed by atoms with E-state index in [1.807, 2.05) is 39.8 Å². The van der Waals surface area contributed by atoms with Crippen LogP contribution in [0.1, 0.15) is 44.4 Å². The number of aryl methyl sites for hydroxylation is 2. The Morgan fingerprint density at radius 3 is 2.14 bits per heavy atom. The molecule has 0 aliphatic rings. The van der Waals surface area contributed by atoms with Crippen molar-refractivity contribution in [1.82, 2.24) is 14.5 Å². The third kappa shape index (κ3) is 7.69. The molecule has 0 unspecified atom stereocenters. The number of hydrogen-bond acceptors (Lipinski definition) is 4. The molecular formula is C26H37ClN4O4S. The molecule has 10 heteroatoms. The van der Waals surface area contributed by atoms with E-state index in [4.69, 9.17) is 11.6 Å². The fourth-order valence-electron chi connectivity index (χ4n) is 3.53. The molecule has 0 bridgehead atoms. The molecule has 36 heavy (non-hydrogen) atoms. The first-order valence-electron chi connectivity index (χ1n) is 11.7. The van der Waals surface area contributed by atoms with E-state index in [9.17, 15) is 18.0 Å². The van der Waals surface area contributed by atoms with Gasteiger partial charge in [0.2, 0.25) is 11.8 Å². The molecule has 2 rings (SSSR count). The van der Waals surface area contributed by atoms with Crippen LogP contribution in [0, 0.1) is 13.8 Å². The number of rotatable bonds is 9. The van der Waals surface area contributed by atoms with Crippen molar-refractivity contribution >= 4 is 39.3 Å². The van der Waals surface area contributed by atoms with Crippen LogP contribution in [0.15, 0.2) is 42.5 Å². The van der Waals surface area contributed by atoms with Gasteiger partial charge in [-0.1, -0.05) is 35.9 Å². The molecule has 2 aromatic carbocycles. The molecule has 0 fully saturated rings. The van der Waals surface area contributed by atoms with Gasteiger partial charge in [-0.15, -0.1) is 0 Å². The normalized spacial score (nSPS) is 12.8. The van der Waals surface area contributed by atoms with Gasteiger partial charge >= 0.3 is 10.2 Å². The molecule has 0 radical (unpaired) electrons. The van der Waals surface area contributed by atoms with Crippen molar-refractivity contribution in [2.75, 3.05) is 24.9 Å². The zero-order valence-electron chi connectivity index (χ0n) is 22.3. The van der Waals surface area contributed by atoms with Gasteiger partial charge in [0.1, 0.15) is 12.6 Å². The van der Waals surface area contributed by atoms with Gasteiger partial charge in [0.05, 0.1) is 5.69 Å². The van der Waals surface area contributed by atoms with Crippen LogP contribution < -0.4 is 9.62 Å². The van der Waals surface area contributed by atoms with Gasteiger partial charge in [0.25, 0.3) is 0 Å². The van der Waals surface area contributed by atoms with Crippen LogP contribution in [0.5, 0.6) is 0 Å². The highest BCUT2D eigenvalue weighted by atomic mass is 35.5. The summed E-state index contributed by atoms with van der Waals surface area (Å²) in [5.41, 5.74) is 2.24. The van der Waals surface area contributed by atoms with Crippen molar-refractivity contribution in [2.24, 2.45) is 0 Å². The van der Waals surface area contributed by atoms with Crippen LogP contribution in [0.2, 0.25) is 5.02 Å². The number of carbonyl (C=O) groups excluding carboxylic acids is 2. The maximum atomic E-state index is 13.8. The number of carbonyl (C=O) groups is 2. The minimum atomic E-state index is -4.01. The van der Waals surface area contributed by atoms with Gasteiger partial charge in [0, 0.05) is 31.2 Å². The van der Waals surface area contributed by atoms with E-state index < -0.39 is 34.2 Å². The molecule has 0 heterocycles. The molecule has 0 saturated carbocycles. The second-order valence-corrected chi connectivity index (χ2v) is 12.7. The van der Waals surface area contributed by atoms with E-state index in [1.165, 1.54) is 19.0 Å². The smallest absolute Gasteiger partial charge is 0.304 e. The maximum Gasteiger partial charge on any atom is 0.304 e. The molecule has 2 aromatic rings. The lowest BCUT2D eigenvalue weighted by Gasteiger charge is -2.34. The van der Waals surface area contributed by atoms with Gasteiger partial charge in [-0.25, -0.2) is 4.31 Å². The quantitative estimate of drug-likeness (QED) is 0.526. The van der Waals surface area contributed by atoms with Crippen LogP contribution in [0.3, 0.4) is 0 Å².